The molecule has 0 bridgehead atoms. The van der Waals surface area contributed by atoms with E-state index in [1.807, 2.05) is 24.3 Å². The maximum atomic E-state index is 5.91. The highest BCUT2D eigenvalue weighted by molar-refractivity contribution is 7.21. The number of ether oxygens (including phenoxy) is 4. The van der Waals surface area contributed by atoms with Crippen LogP contribution in [0.5, 0.6) is 23.0 Å². The molecule has 8 aromatic heterocycles. The van der Waals surface area contributed by atoms with Crippen molar-refractivity contribution < 1.29 is 18.9 Å². The van der Waals surface area contributed by atoms with Crippen LogP contribution in [-0.4, -0.2) is 66.6 Å². The van der Waals surface area contributed by atoms with Gasteiger partial charge in [-0.25, -0.2) is 19.9 Å². The Morgan fingerprint density at radius 3 is 0.683 bits per heavy atom. The van der Waals surface area contributed by atoms with Crippen LogP contribution in [0.4, 0.5) is 0 Å². The highest BCUT2D eigenvalue weighted by Crippen LogP contribution is 2.52. The smallest absolute Gasteiger partial charge is 0.119 e. The van der Waals surface area contributed by atoms with E-state index >= 15 is 0 Å². The van der Waals surface area contributed by atoms with Crippen LogP contribution >= 0.6 is 22.7 Å². The Morgan fingerprint density at radius 2 is 0.405 bits per heavy atom. The van der Waals surface area contributed by atoms with E-state index in [9.17, 15) is 0 Å². The Labute approximate surface area is 728 Å². The van der Waals surface area contributed by atoms with Gasteiger partial charge in [0.05, 0.1) is 114 Å². The molecular weight excluding hydrogens is 1590 g/mol. The van der Waals surface area contributed by atoms with Crippen LogP contribution in [-0.2, 0) is 0 Å². The maximum Gasteiger partial charge on any atom is 0.119 e. The number of hydrogen-bond acceptors (Lipinski definition) is 10. The van der Waals surface area contributed by atoms with Crippen molar-refractivity contribution in [3.63, 3.8) is 0 Å². The third-order valence-corrected chi connectivity index (χ3v) is 28.4. The Hall–Kier alpha value is -16.0. The average molecular weight is 1660 g/mol. The molecule has 0 atom stereocenters. The minimum Gasteiger partial charge on any atom is -0.497 e. The zero-order valence-corrected chi connectivity index (χ0v) is 70.1. The molecule has 0 unspecified atom stereocenters. The third kappa shape index (κ3) is 10.7. The first-order chi connectivity index (χ1) is 62.3. The van der Waals surface area contributed by atoms with Crippen molar-refractivity contribution in [2.45, 2.75) is 0 Å². The predicted molar refractivity (Wildman–Crippen MR) is 524 cm³/mol. The molecule has 26 aromatic rings. The van der Waals surface area contributed by atoms with Gasteiger partial charge < -0.3 is 37.2 Å². The van der Waals surface area contributed by atoms with E-state index in [-0.39, 0.29) is 0 Å². The van der Waals surface area contributed by atoms with E-state index in [0.717, 1.165) is 252 Å². The standard InChI is InChI=1S/C112H70N8O4S2/c1-121-73-39-47-83-87(59-73)89-61-75(123-3)41-49-85(89)103-101(83)113-105-107(115-103)111(125-109(105)65-33-43-79-77-29-17-19-31-93(77)117(97(79)55-65)69-21-9-5-10-22-69)67-35-45-81-91-53-63(37-51-95(91)119(99(81)57-67)71-25-13-7-14-26-71)64-38-52-96-92(54-64)82-46-36-68(58-100(82)120(96)72-27-15-8-16-28-72)112-108-106(114-102-84-48-40-74(122-2)60-88(84)90-62-76(124-4)42-50-86(90)104(102)116-108)110(126-112)66-34-44-80-78-30-18-20-32-94(78)118(98(80)56-66)70-23-11-6-12-24-70/h5-62H,1-4H3. The summed E-state index contributed by atoms with van der Waals surface area (Å²) in [7, 11) is 6.86. The minimum absolute atomic E-state index is 0.757. The Morgan fingerprint density at radius 1 is 0.175 bits per heavy atom. The van der Waals surface area contributed by atoms with Crippen LogP contribution in [0.1, 0.15) is 0 Å². The van der Waals surface area contributed by atoms with Crippen molar-refractivity contribution in [1.29, 1.82) is 0 Å². The van der Waals surface area contributed by atoms with Gasteiger partial charge in [0.15, 0.2) is 0 Å². The van der Waals surface area contributed by atoms with Crippen LogP contribution in [0.3, 0.4) is 0 Å². The van der Waals surface area contributed by atoms with Crippen molar-refractivity contribution in [3.8, 4) is 98.6 Å². The van der Waals surface area contributed by atoms with E-state index in [2.05, 4.69) is 346 Å². The Balaban J connectivity index is 0.656. The zero-order valence-electron chi connectivity index (χ0n) is 68.5. The fourth-order valence-electron chi connectivity index (χ4n) is 20.1. The van der Waals surface area contributed by atoms with Gasteiger partial charge in [-0.05, 0) is 237 Å². The Kier molecular flexibility index (Phi) is 15.8. The molecule has 0 spiro atoms. The monoisotopic (exact) mass is 1650 g/mol. The van der Waals surface area contributed by atoms with Gasteiger partial charge >= 0.3 is 0 Å². The first kappa shape index (κ1) is 71.7. The SMILES string of the molecule is COc1ccc2c(c1)c1cc(OC)ccc1c1nc3c(-c4ccc5c6cc(-c7ccc8c(c7)c7ccc(-c9sc(-c%10ccc%11c%12ccccc%12n(-c%12ccccc%12)c%11c%10)c%10nc%11c%12ccc(OC)cc%12c%12cc(OC)ccc%12c%11nc9%10)cc7n8-c7ccccc7)ccc6n(-c6ccccc6)c5c4)sc(-c4ccc5c6ccccc6n(-c6ccccc6)c5c4)c3nc21. The van der Waals surface area contributed by atoms with Crippen molar-refractivity contribution >= 4 is 197 Å². The topological polar surface area (TPSA) is 108 Å². The molecule has 12 nitrogen and oxygen atoms in total. The van der Waals surface area contributed by atoms with E-state index in [4.69, 9.17) is 38.9 Å². The van der Waals surface area contributed by atoms with Gasteiger partial charge in [0.2, 0.25) is 0 Å². The van der Waals surface area contributed by atoms with Crippen LogP contribution in [0.25, 0.3) is 250 Å². The molecule has 0 saturated carbocycles. The number of rotatable bonds is 13. The van der Waals surface area contributed by atoms with Crippen molar-refractivity contribution in [2.24, 2.45) is 0 Å². The lowest BCUT2D eigenvalue weighted by Gasteiger charge is -2.12. The molecule has 0 aliphatic heterocycles. The van der Waals surface area contributed by atoms with E-state index in [1.165, 1.54) is 21.5 Å². The fourth-order valence-corrected chi connectivity index (χ4v) is 22.4. The molecular formula is C112H70N8O4S2. The summed E-state index contributed by atoms with van der Waals surface area (Å²) in [6.45, 7) is 0. The van der Waals surface area contributed by atoms with E-state index in [1.54, 1.807) is 51.1 Å². The summed E-state index contributed by atoms with van der Waals surface area (Å²) in [6.07, 6.45) is 0. The van der Waals surface area contributed by atoms with Crippen LogP contribution in [0.2, 0.25) is 0 Å². The largest absolute Gasteiger partial charge is 0.497 e. The summed E-state index contributed by atoms with van der Waals surface area (Å²) < 4.78 is 33.2. The second-order valence-electron chi connectivity index (χ2n) is 32.5. The molecule has 0 N–H and O–H groups in total. The summed E-state index contributed by atoms with van der Waals surface area (Å²) in [5.41, 5.74) is 26.2. The average Bonchev–Trinajstić information content (AvgIpc) is 1.49. The maximum absolute atomic E-state index is 5.91. The third-order valence-electron chi connectivity index (χ3n) is 25.9. The number of nitrogens with zero attached hydrogens (tertiary/aromatic N) is 8. The number of para-hydroxylation sites is 6. The molecule has 594 valence electrons. The normalized spacial score (nSPS) is 12.1. The predicted octanol–water partition coefficient (Wildman–Crippen LogP) is 29.4. The molecule has 0 aliphatic carbocycles. The second kappa shape index (κ2) is 27.8. The number of fused-ring (bicyclic) bond motifs is 26. The van der Waals surface area contributed by atoms with Gasteiger partial charge in [0.25, 0.3) is 0 Å². The first-order valence-corrected chi connectivity index (χ1v) is 43.8. The fraction of sp³-hybridized carbons (Fsp3) is 0.0357. The first-order valence-electron chi connectivity index (χ1n) is 42.2. The lowest BCUT2D eigenvalue weighted by atomic mass is 9.98. The van der Waals surface area contributed by atoms with Gasteiger partial charge in [-0.1, -0.05) is 170 Å². The molecule has 0 saturated heterocycles. The van der Waals surface area contributed by atoms with E-state index < -0.39 is 0 Å². The summed E-state index contributed by atoms with van der Waals surface area (Å²) in [6, 6.07) is 127. The number of benzene rings is 18. The summed E-state index contributed by atoms with van der Waals surface area (Å²) in [5, 5.41) is 17.2. The zero-order chi connectivity index (χ0) is 83.3. The number of methoxy groups -OCH3 is 4. The molecule has 0 radical (unpaired) electrons. The molecule has 26 rings (SSSR count). The number of thiophene rings is 2. The minimum atomic E-state index is 0.757. The molecule has 0 fully saturated rings. The van der Waals surface area contributed by atoms with Crippen molar-refractivity contribution in [1.82, 2.24) is 38.2 Å². The number of hydrogen-bond donors (Lipinski definition) is 0. The quantitative estimate of drug-likeness (QED) is 0.105. The van der Waals surface area contributed by atoms with Crippen molar-refractivity contribution in [2.75, 3.05) is 28.4 Å². The van der Waals surface area contributed by atoms with Gasteiger partial charge in [-0.2, -0.15) is 0 Å². The van der Waals surface area contributed by atoms with Crippen LogP contribution in [0.15, 0.2) is 352 Å². The molecule has 0 amide bonds. The second-order valence-corrected chi connectivity index (χ2v) is 34.6. The lowest BCUT2D eigenvalue weighted by molar-refractivity contribution is 0.415. The molecule has 14 heteroatoms. The molecule has 18 aromatic carbocycles. The highest BCUT2D eigenvalue weighted by Gasteiger charge is 2.29. The van der Waals surface area contributed by atoms with Crippen LogP contribution in [0, 0.1) is 0 Å². The van der Waals surface area contributed by atoms with Crippen LogP contribution < -0.4 is 18.9 Å². The van der Waals surface area contributed by atoms with Gasteiger partial charge in [-0.15, -0.1) is 22.7 Å². The number of aromatic nitrogens is 8. The molecule has 126 heavy (non-hydrogen) atoms. The van der Waals surface area contributed by atoms with Gasteiger partial charge in [0.1, 0.15) is 45.1 Å². The molecule has 0 aliphatic rings. The van der Waals surface area contributed by atoms with Gasteiger partial charge in [-0.3, -0.25) is 0 Å². The molecule has 8 heterocycles. The highest BCUT2D eigenvalue weighted by atomic mass is 32.1. The lowest BCUT2D eigenvalue weighted by Crippen LogP contribution is -1.94. The van der Waals surface area contributed by atoms with Gasteiger partial charge in [0, 0.05) is 87.4 Å². The summed E-state index contributed by atoms with van der Waals surface area (Å²) in [5.74, 6) is 3.03. The summed E-state index contributed by atoms with van der Waals surface area (Å²) >= 11 is 3.51. The van der Waals surface area contributed by atoms with E-state index in [0.29, 0.717) is 0 Å². The Bertz CT molecular complexity index is 8640. The van der Waals surface area contributed by atoms with Crippen molar-refractivity contribution in [3.05, 3.63) is 352 Å². The summed E-state index contributed by atoms with van der Waals surface area (Å²) in [4.78, 5) is 27.7.